The zero-order valence-corrected chi connectivity index (χ0v) is 24.4. The van der Waals surface area contributed by atoms with Crippen LogP contribution in [-0.4, -0.2) is 47.7 Å². The Bertz CT molecular complexity index is 1270. The molecule has 1 saturated carbocycles. The van der Waals surface area contributed by atoms with Gasteiger partial charge in [-0.1, -0.05) is 36.4 Å². The van der Waals surface area contributed by atoms with Gasteiger partial charge in [-0.05, 0) is 76.4 Å². The van der Waals surface area contributed by atoms with Gasteiger partial charge in [0.2, 0.25) is 5.91 Å². The van der Waals surface area contributed by atoms with Gasteiger partial charge in [0.1, 0.15) is 18.0 Å². The van der Waals surface area contributed by atoms with Crippen LogP contribution in [-0.2, 0) is 9.53 Å². The number of amides is 2. The first-order valence-corrected chi connectivity index (χ1v) is 14.2. The molecule has 0 saturated heterocycles. The summed E-state index contributed by atoms with van der Waals surface area (Å²) in [4.78, 5) is 34.3. The van der Waals surface area contributed by atoms with Gasteiger partial charge in [-0.15, -0.1) is 11.6 Å². The number of nitrogens with zero attached hydrogens (tertiary/aromatic N) is 3. The van der Waals surface area contributed by atoms with E-state index in [0.717, 1.165) is 11.3 Å². The minimum atomic E-state index is -0.635. The number of alkyl halides is 1. The Balaban J connectivity index is 1.52. The van der Waals surface area contributed by atoms with E-state index < -0.39 is 11.7 Å². The van der Waals surface area contributed by atoms with Crippen LogP contribution in [0.3, 0.4) is 0 Å². The van der Waals surface area contributed by atoms with Gasteiger partial charge in [-0.2, -0.15) is 0 Å². The molecule has 3 atom stereocenters. The maximum atomic E-state index is 13.8. The maximum absolute atomic E-state index is 13.8. The van der Waals surface area contributed by atoms with Gasteiger partial charge in [0.15, 0.2) is 0 Å². The molecule has 2 amide bonds. The van der Waals surface area contributed by atoms with Crippen LogP contribution in [0.5, 0.6) is 5.75 Å². The molecule has 1 fully saturated rings. The maximum Gasteiger partial charge on any atom is 0.414 e. The molecule has 0 spiro atoms. The molecule has 0 radical (unpaired) electrons. The van der Waals surface area contributed by atoms with Crippen molar-refractivity contribution in [2.75, 3.05) is 29.5 Å². The Labute approximate surface area is 242 Å². The molecule has 3 aromatic rings. The van der Waals surface area contributed by atoms with Crippen LogP contribution in [0, 0.1) is 5.92 Å². The van der Waals surface area contributed by atoms with E-state index in [2.05, 4.69) is 4.98 Å². The van der Waals surface area contributed by atoms with E-state index in [1.165, 1.54) is 0 Å². The van der Waals surface area contributed by atoms with Crippen molar-refractivity contribution in [2.45, 2.75) is 57.4 Å². The fourth-order valence-electron chi connectivity index (χ4n) is 5.20. The van der Waals surface area contributed by atoms with Gasteiger partial charge in [0, 0.05) is 41.8 Å². The third-order valence-corrected chi connectivity index (χ3v) is 7.31. The number of para-hydroxylation sites is 2. The highest BCUT2D eigenvalue weighted by Gasteiger charge is 2.41. The molecule has 1 heterocycles. The molecular formula is C32H38ClN3O4. The van der Waals surface area contributed by atoms with Crippen LogP contribution in [0.25, 0.3) is 0 Å². The Morgan fingerprint density at radius 3 is 2.25 bits per heavy atom. The highest BCUT2D eigenvalue weighted by Crippen LogP contribution is 2.46. The van der Waals surface area contributed by atoms with Crippen LogP contribution < -0.4 is 14.5 Å². The number of pyridine rings is 1. The van der Waals surface area contributed by atoms with Crippen molar-refractivity contribution < 1.29 is 19.1 Å². The topological polar surface area (TPSA) is 72.0 Å². The lowest BCUT2D eigenvalue weighted by atomic mass is 9.87. The molecule has 4 rings (SSSR count). The van der Waals surface area contributed by atoms with Gasteiger partial charge in [0.05, 0.1) is 12.2 Å². The van der Waals surface area contributed by atoms with Crippen molar-refractivity contribution in [3.05, 3.63) is 84.7 Å². The van der Waals surface area contributed by atoms with Gasteiger partial charge >= 0.3 is 6.09 Å². The smallest absolute Gasteiger partial charge is 0.414 e. The predicted octanol–water partition coefficient (Wildman–Crippen LogP) is 7.06. The zero-order chi connectivity index (χ0) is 28.7. The lowest BCUT2D eigenvalue weighted by molar-refractivity contribution is -0.122. The summed E-state index contributed by atoms with van der Waals surface area (Å²) >= 11 is 6.67. The zero-order valence-electron chi connectivity index (χ0n) is 23.6. The van der Waals surface area contributed by atoms with Crippen molar-refractivity contribution in [3.8, 4) is 5.75 Å². The average molecular weight is 564 g/mol. The standard InChI is InChI=1S/C32H38ClN3O4/c1-5-35(24-11-7-6-8-12-24)30(37)28-22-23(33)21-27(28)26-13-9-10-14-29(26)39-20-19-36(25-15-17-34-18-16-25)31(38)40-32(2,3)4/h6-18,23,27-28H,5,19-22H2,1-4H3. The summed E-state index contributed by atoms with van der Waals surface area (Å²) in [6.07, 6.45) is 4.11. The quantitative estimate of drug-likeness (QED) is 0.261. The number of rotatable bonds is 9. The second kappa shape index (κ2) is 13.2. The van der Waals surface area contributed by atoms with Gasteiger partial charge in [-0.25, -0.2) is 4.79 Å². The number of anilines is 2. The molecule has 212 valence electrons. The lowest BCUT2D eigenvalue weighted by Gasteiger charge is -2.29. The Morgan fingerprint density at radius 2 is 1.57 bits per heavy atom. The van der Waals surface area contributed by atoms with Crippen LogP contribution in [0.15, 0.2) is 79.1 Å². The van der Waals surface area contributed by atoms with Gasteiger partial charge in [0.25, 0.3) is 0 Å². The first-order chi connectivity index (χ1) is 19.2. The van der Waals surface area contributed by atoms with E-state index in [0.29, 0.717) is 30.8 Å². The van der Waals surface area contributed by atoms with Gasteiger partial charge in [-0.3, -0.25) is 14.7 Å². The number of hydrogen-bond acceptors (Lipinski definition) is 5. The second-order valence-electron chi connectivity index (χ2n) is 10.9. The summed E-state index contributed by atoms with van der Waals surface area (Å²) in [7, 11) is 0. The number of ether oxygens (including phenoxy) is 2. The highest BCUT2D eigenvalue weighted by atomic mass is 35.5. The summed E-state index contributed by atoms with van der Waals surface area (Å²) in [5.74, 6) is 0.428. The minimum absolute atomic E-state index is 0.0745. The molecule has 3 unspecified atom stereocenters. The number of hydrogen-bond donors (Lipinski definition) is 0. The number of carbonyl (C=O) groups is 2. The SMILES string of the molecule is CCN(C(=O)C1CC(Cl)CC1c1ccccc1OCCN(C(=O)OC(C)(C)C)c1ccncc1)c1ccccc1. The number of aromatic nitrogens is 1. The third-order valence-electron chi connectivity index (χ3n) is 6.95. The first-order valence-electron chi connectivity index (χ1n) is 13.8. The first kappa shape index (κ1) is 29.4. The van der Waals surface area contributed by atoms with Crippen LogP contribution >= 0.6 is 11.6 Å². The molecule has 40 heavy (non-hydrogen) atoms. The molecule has 8 heteroatoms. The Hall–Kier alpha value is -3.58. The van der Waals surface area contributed by atoms with Crippen molar-refractivity contribution >= 4 is 35.0 Å². The van der Waals surface area contributed by atoms with Crippen molar-refractivity contribution in [1.29, 1.82) is 0 Å². The van der Waals surface area contributed by atoms with E-state index in [1.807, 2.05) is 87.2 Å². The summed E-state index contributed by atoms with van der Waals surface area (Å²) < 4.78 is 11.9. The average Bonchev–Trinajstić information content (AvgIpc) is 3.33. The Kier molecular flexibility index (Phi) is 9.69. The molecule has 1 aliphatic rings. The number of carbonyl (C=O) groups excluding carboxylic acids is 2. The van der Waals surface area contributed by atoms with Gasteiger partial charge < -0.3 is 14.4 Å². The van der Waals surface area contributed by atoms with E-state index in [9.17, 15) is 9.59 Å². The highest BCUT2D eigenvalue weighted by molar-refractivity contribution is 6.21. The minimum Gasteiger partial charge on any atom is -0.491 e. The molecule has 0 aliphatic heterocycles. The normalized spacial score (nSPS) is 18.7. The fraction of sp³-hybridized carbons (Fsp3) is 0.406. The molecule has 0 N–H and O–H groups in total. The predicted molar refractivity (Wildman–Crippen MR) is 159 cm³/mol. The summed E-state index contributed by atoms with van der Waals surface area (Å²) in [6.45, 7) is 8.58. The molecule has 7 nitrogen and oxygen atoms in total. The molecular weight excluding hydrogens is 526 g/mol. The third kappa shape index (κ3) is 7.33. The van der Waals surface area contributed by atoms with Crippen molar-refractivity contribution in [1.82, 2.24) is 4.98 Å². The summed E-state index contributed by atoms with van der Waals surface area (Å²) in [5, 5.41) is -0.101. The number of halogens is 1. The largest absolute Gasteiger partial charge is 0.491 e. The van der Waals surface area contributed by atoms with E-state index >= 15 is 0 Å². The fourth-order valence-corrected chi connectivity index (χ4v) is 5.58. The van der Waals surface area contributed by atoms with E-state index in [4.69, 9.17) is 21.1 Å². The monoisotopic (exact) mass is 563 g/mol. The number of benzene rings is 2. The van der Waals surface area contributed by atoms with Crippen LogP contribution in [0.1, 0.15) is 52.0 Å². The van der Waals surface area contributed by atoms with E-state index in [-0.39, 0.29) is 36.3 Å². The lowest BCUT2D eigenvalue weighted by Crippen LogP contribution is -2.39. The van der Waals surface area contributed by atoms with E-state index in [1.54, 1.807) is 29.4 Å². The van der Waals surface area contributed by atoms with Crippen LogP contribution in [0.2, 0.25) is 0 Å². The van der Waals surface area contributed by atoms with Crippen molar-refractivity contribution in [3.63, 3.8) is 0 Å². The molecule has 0 bridgehead atoms. The molecule has 2 aromatic carbocycles. The molecule has 1 aliphatic carbocycles. The van der Waals surface area contributed by atoms with Crippen LogP contribution in [0.4, 0.5) is 16.2 Å². The van der Waals surface area contributed by atoms with Crippen molar-refractivity contribution in [2.24, 2.45) is 5.92 Å². The second-order valence-corrected chi connectivity index (χ2v) is 11.5. The molecule has 1 aromatic heterocycles. The Morgan fingerprint density at radius 1 is 0.925 bits per heavy atom. The summed E-state index contributed by atoms with van der Waals surface area (Å²) in [6, 6.07) is 21.1. The summed E-state index contributed by atoms with van der Waals surface area (Å²) in [5.41, 5.74) is 1.88.